The molecule has 2 N–H and O–H groups in total. The summed E-state index contributed by atoms with van der Waals surface area (Å²) >= 11 is 6.32. The zero-order valence-corrected chi connectivity index (χ0v) is 15.0. The van der Waals surface area contributed by atoms with Crippen LogP contribution in [0.2, 0.25) is 5.02 Å². The van der Waals surface area contributed by atoms with E-state index < -0.39 is 0 Å². The van der Waals surface area contributed by atoms with E-state index in [9.17, 15) is 0 Å². The Morgan fingerprint density at radius 3 is 2.85 bits per heavy atom. The topological polar surface area (TPSA) is 59.1 Å². The van der Waals surface area contributed by atoms with E-state index in [4.69, 9.17) is 24.2 Å². The number of ether oxygens (including phenoxy) is 1. The first-order chi connectivity index (χ1) is 12.7. The molecule has 130 valence electrons. The van der Waals surface area contributed by atoms with Crippen molar-refractivity contribution in [3.63, 3.8) is 0 Å². The second-order valence-electron chi connectivity index (χ2n) is 6.32. The molecule has 3 aromatic rings. The fourth-order valence-electron chi connectivity index (χ4n) is 3.06. The van der Waals surface area contributed by atoms with E-state index in [-0.39, 0.29) is 6.10 Å². The van der Waals surface area contributed by atoms with Crippen molar-refractivity contribution >= 4 is 47.4 Å². The molecule has 7 heteroatoms. The van der Waals surface area contributed by atoms with E-state index in [1.165, 1.54) is 0 Å². The third-order valence-corrected chi connectivity index (χ3v) is 4.71. The Morgan fingerprint density at radius 2 is 2.04 bits per heavy atom. The number of piperidine rings is 1. The van der Waals surface area contributed by atoms with Gasteiger partial charge in [0.05, 0.1) is 5.02 Å². The predicted molar refractivity (Wildman–Crippen MR) is 106 cm³/mol. The lowest BCUT2D eigenvalue weighted by Crippen LogP contribution is -2.34. The van der Waals surface area contributed by atoms with Gasteiger partial charge >= 0.3 is 0 Å². The number of hydrogen-bond acceptors (Lipinski definition) is 5. The number of aromatic nitrogens is 2. The number of halogens is 1. The zero-order chi connectivity index (χ0) is 17.9. The number of nitrogens with one attached hydrogen (secondary N) is 2. The summed E-state index contributed by atoms with van der Waals surface area (Å²) in [5.74, 6) is 1.20. The lowest BCUT2D eigenvalue weighted by atomic mass is 9.96. The van der Waals surface area contributed by atoms with Gasteiger partial charge in [0.2, 0.25) is 5.95 Å². The van der Waals surface area contributed by atoms with Gasteiger partial charge in [-0.15, -0.1) is 0 Å². The van der Waals surface area contributed by atoms with Crippen LogP contribution in [-0.2, 0) is 0 Å². The van der Waals surface area contributed by atoms with Gasteiger partial charge in [-0.3, -0.25) is 0 Å². The molecule has 0 amide bonds. The highest BCUT2D eigenvalue weighted by Gasteiger charge is 2.17. The van der Waals surface area contributed by atoms with Gasteiger partial charge in [0.1, 0.15) is 25.2 Å². The van der Waals surface area contributed by atoms with Gasteiger partial charge in [0.25, 0.3) is 0 Å². The first-order valence-corrected chi connectivity index (χ1v) is 9.02. The second kappa shape index (κ2) is 7.52. The molecule has 0 aliphatic carbocycles. The summed E-state index contributed by atoms with van der Waals surface area (Å²) in [7, 11) is 5.83. The fourth-order valence-corrected chi connectivity index (χ4v) is 3.26. The van der Waals surface area contributed by atoms with Crippen LogP contribution in [0.25, 0.3) is 10.9 Å². The predicted octanol–water partition coefficient (Wildman–Crippen LogP) is 2.95. The molecule has 2 radical (unpaired) electrons. The SMILES string of the molecule is [B]c1cccc(Nc2ncc3c(Cl)ccc(OC4CCNCC4)c3n2)c1. The van der Waals surface area contributed by atoms with Gasteiger partial charge in [0.15, 0.2) is 0 Å². The summed E-state index contributed by atoms with van der Waals surface area (Å²) < 4.78 is 6.21. The Kier molecular flexibility index (Phi) is 4.95. The number of benzene rings is 2. The lowest BCUT2D eigenvalue weighted by molar-refractivity contribution is 0.164. The Hall–Kier alpha value is -2.31. The molecule has 0 saturated carbocycles. The maximum absolute atomic E-state index is 6.32. The van der Waals surface area contributed by atoms with Crippen LogP contribution in [0, 0.1) is 0 Å². The molecule has 26 heavy (non-hydrogen) atoms. The van der Waals surface area contributed by atoms with Crippen molar-refractivity contribution < 1.29 is 4.74 Å². The van der Waals surface area contributed by atoms with Gasteiger partial charge in [-0.05, 0) is 50.2 Å². The van der Waals surface area contributed by atoms with Gasteiger partial charge in [-0.2, -0.15) is 0 Å². The first kappa shape index (κ1) is 17.1. The van der Waals surface area contributed by atoms with E-state index in [2.05, 4.69) is 20.6 Å². The normalized spacial score (nSPS) is 15.1. The van der Waals surface area contributed by atoms with Crippen molar-refractivity contribution in [2.75, 3.05) is 18.4 Å². The van der Waals surface area contributed by atoms with Crippen molar-refractivity contribution in [2.45, 2.75) is 18.9 Å². The summed E-state index contributed by atoms with van der Waals surface area (Å²) in [5, 5.41) is 7.90. The van der Waals surface area contributed by atoms with E-state index in [1.54, 1.807) is 6.20 Å². The van der Waals surface area contributed by atoms with Crippen LogP contribution in [0.15, 0.2) is 42.6 Å². The van der Waals surface area contributed by atoms with E-state index in [0.29, 0.717) is 22.0 Å². The molecule has 1 aliphatic heterocycles. The van der Waals surface area contributed by atoms with Crippen LogP contribution >= 0.6 is 11.6 Å². The molecule has 4 rings (SSSR count). The third-order valence-electron chi connectivity index (χ3n) is 4.38. The van der Waals surface area contributed by atoms with Crippen LogP contribution in [0.5, 0.6) is 5.75 Å². The molecule has 0 atom stereocenters. The Bertz CT molecular complexity index is 931. The molecule has 2 aromatic carbocycles. The molecule has 2 heterocycles. The molecule has 5 nitrogen and oxygen atoms in total. The molecule has 0 bridgehead atoms. The molecule has 1 saturated heterocycles. The molecular weight excluding hydrogens is 347 g/mol. The van der Waals surface area contributed by atoms with Crippen LogP contribution < -0.4 is 20.8 Å². The van der Waals surface area contributed by atoms with E-state index >= 15 is 0 Å². The summed E-state index contributed by atoms with van der Waals surface area (Å²) in [6, 6.07) is 11.2. The molecule has 1 aliphatic rings. The largest absolute Gasteiger partial charge is 0.488 e. The third kappa shape index (κ3) is 3.76. The van der Waals surface area contributed by atoms with E-state index in [0.717, 1.165) is 42.8 Å². The summed E-state index contributed by atoms with van der Waals surface area (Å²) in [6.07, 6.45) is 3.85. The van der Waals surface area contributed by atoms with Gasteiger partial charge in [-0.1, -0.05) is 29.2 Å². The molecule has 0 spiro atoms. The van der Waals surface area contributed by atoms with Gasteiger partial charge in [-0.25, -0.2) is 9.97 Å². The first-order valence-electron chi connectivity index (χ1n) is 8.64. The lowest BCUT2D eigenvalue weighted by Gasteiger charge is -2.24. The van der Waals surface area contributed by atoms with Crippen molar-refractivity contribution in [1.29, 1.82) is 0 Å². The Labute approximate surface area is 158 Å². The van der Waals surface area contributed by atoms with Crippen molar-refractivity contribution in [3.8, 4) is 5.75 Å². The molecular formula is C19H18BClN4O. The Morgan fingerprint density at radius 1 is 1.19 bits per heavy atom. The van der Waals surface area contributed by atoms with E-state index in [1.807, 2.05) is 36.4 Å². The minimum absolute atomic E-state index is 0.181. The minimum atomic E-state index is 0.181. The molecule has 0 unspecified atom stereocenters. The summed E-state index contributed by atoms with van der Waals surface area (Å²) in [5.41, 5.74) is 2.21. The van der Waals surface area contributed by atoms with Crippen LogP contribution in [0.3, 0.4) is 0 Å². The second-order valence-corrected chi connectivity index (χ2v) is 6.73. The minimum Gasteiger partial charge on any atom is -0.488 e. The average molecular weight is 365 g/mol. The quantitative estimate of drug-likeness (QED) is 0.697. The van der Waals surface area contributed by atoms with Gasteiger partial charge in [0, 0.05) is 17.3 Å². The number of anilines is 2. The van der Waals surface area contributed by atoms with Crippen molar-refractivity contribution in [3.05, 3.63) is 47.6 Å². The number of nitrogens with zero attached hydrogens (tertiary/aromatic N) is 2. The average Bonchev–Trinajstić information content (AvgIpc) is 2.65. The van der Waals surface area contributed by atoms with Crippen LogP contribution in [-0.4, -0.2) is 37.0 Å². The van der Waals surface area contributed by atoms with Crippen LogP contribution in [0.4, 0.5) is 11.6 Å². The number of hydrogen-bond donors (Lipinski definition) is 2. The Balaban J connectivity index is 1.67. The molecule has 1 fully saturated rings. The summed E-state index contributed by atoms with van der Waals surface area (Å²) in [6.45, 7) is 1.93. The highest BCUT2D eigenvalue weighted by Crippen LogP contribution is 2.32. The van der Waals surface area contributed by atoms with Crippen LogP contribution in [0.1, 0.15) is 12.8 Å². The zero-order valence-electron chi connectivity index (χ0n) is 14.2. The monoisotopic (exact) mass is 364 g/mol. The van der Waals surface area contributed by atoms with Crippen molar-refractivity contribution in [1.82, 2.24) is 15.3 Å². The standard InChI is InChI=1S/C19H18BClN4O/c20-12-2-1-3-13(10-12)24-19-23-11-15-16(21)4-5-17(18(15)25-19)26-14-6-8-22-9-7-14/h1-5,10-11,14,22H,6-9H2,(H,23,24,25). The number of fused-ring (bicyclic) bond motifs is 1. The highest BCUT2D eigenvalue weighted by atomic mass is 35.5. The maximum atomic E-state index is 6.32. The van der Waals surface area contributed by atoms with Crippen molar-refractivity contribution in [2.24, 2.45) is 0 Å². The smallest absolute Gasteiger partial charge is 0.227 e. The van der Waals surface area contributed by atoms with Gasteiger partial charge < -0.3 is 15.4 Å². The molecule has 1 aromatic heterocycles. The highest BCUT2D eigenvalue weighted by molar-refractivity contribution is 6.35. The summed E-state index contributed by atoms with van der Waals surface area (Å²) in [4.78, 5) is 9.01. The maximum Gasteiger partial charge on any atom is 0.227 e. The fraction of sp³-hybridized carbons (Fsp3) is 0.263. The number of rotatable bonds is 4.